The van der Waals surface area contributed by atoms with Gasteiger partial charge in [0.05, 0.1) is 13.2 Å². The van der Waals surface area contributed by atoms with Crippen molar-refractivity contribution >= 4 is 5.97 Å². The summed E-state index contributed by atoms with van der Waals surface area (Å²) in [5.74, 6) is -0.203. The van der Waals surface area contributed by atoms with Crippen molar-refractivity contribution in [1.82, 2.24) is 0 Å². The zero-order chi connectivity index (χ0) is 32.0. The van der Waals surface area contributed by atoms with Gasteiger partial charge in [0.15, 0.2) is 0 Å². The first-order chi connectivity index (χ1) is 21.7. The molecule has 0 aromatic rings. The van der Waals surface area contributed by atoms with Crippen LogP contribution in [0.15, 0.2) is 12.2 Å². The van der Waals surface area contributed by atoms with Crippen LogP contribution < -0.4 is 0 Å². The molecule has 0 rings (SSSR count). The van der Waals surface area contributed by atoms with E-state index in [9.17, 15) is 9.90 Å². The molecule has 0 amide bonds. The van der Waals surface area contributed by atoms with E-state index < -0.39 is 6.10 Å². The van der Waals surface area contributed by atoms with E-state index in [1.54, 1.807) is 0 Å². The molecule has 44 heavy (non-hydrogen) atoms. The number of esters is 1. The molecule has 0 saturated carbocycles. The normalized spacial score (nSPS) is 12.3. The zero-order valence-corrected chi connectivity index (χ0v) is 29.9. The molecule has 4 nitrogen and oxygen atoms in total. The lowest BCUT2D eigenvalue weighted by atomic mass is 10.0. The quantitative estimate of drug-likeness (QED) is 0.0425. The van der Waals surface area contributed by atoms with Crippen molar-refractivity contribution in [3.63, 3.8) is 0 Å². The number of rotatable bonds is 37. The predicted molar refractivity (Wildman–Crippen MR) is 191 cm³/mol. The van der Waals surface area contributed by atoms with Gasteiger partial charge in [-0.3, -0.25) is 4.79 Å². The Kier molecular flexibility index (Phi) is 37.6. The standard InChI is InChI=1S/C40H78O4/c1-3-5-7-9-11-13-14-15-16-17-18-19-20-21-22-23-24-25-26-27-28-30-32-34-36-43-38-39(37-41)44-40(42)35-33-31-29-12-10-8-6-4-2/h17-18,39,41H,3-16,19-38H2,1-2H3/b18-17-. The summed E-state index contributed by atoms with van der Waals surface area (Å²) < 4.78 is 11.1. The van der Waals surface area contributed by atoms with Crippen LogP contribution in [0.5, 0.6) is 0 Å². The second-order valence-electron chi connectivity index (χ2n) is 13.4. The Morgan fingerprint density at radius 1 is 0.523 bits per heavy atom. The van der Waals surface area contributed by atoms with E-state index in [0.29, 0.717) is 19.6 Å². The maximum atomic E-state index is 12.0. The van der Waals surface area contributed by atoms with E-state index >= 15 is 0 Å². The topological polar surface area (TPSA) is 55.8 Å². The molecule has 0 aliphatic carbocycles. The van der Waals surface area contributed by atoms with E-state index in [1.165, 1.54) is 173 Å². The Morgan fingerprint density at radius 3 is 1.30 bits per heavy atom. The van der Waals surface area contributed by atoms with Crippen LogP contribution >= 0.6 is 0 Å². The lowest BCUT2D eigenvalue weighted by molar-refractivity contribution is -0.154. The maximum absolute atomic E-state index is 12.0. The van der Waals surface area contributed by atoms with Gasteiger partial charge in [0.25, 0.3) is 0 Å². The summed E-state index contributed by atoms with van der Waals surface area (Å²) in [6.07, 6.45) is 44.2. The van der Waals surface area contributed by atoms with Crippen LogP contribution in [0, 0.1) is 0 Å². The largest absolute Gasteiger partial charge is 0.457 e. The molecular weight excluding hydrogens is 544 g/mol. The summed E-state index contributed by atoms with van der Waals surface area (Å²) in [4.78, 5) is 12.0. The second kappa shape index (κ2) is 38.3. The monoisotopic (exact) mass is 623 g/mol. The van der Waals surface area contributed by atoms with E-state index in [0.717, 1.165) is 19.3 Å². The predicted octanol–water partition coefficient (Wildman–Crippen LogP) is 12.6. The van der Waals surface area contributed by atoms with Gasteiger partial charge in [-0.15, -0.1) is 0 Å². The summed E-state index contributed by atoms with van der Waals surface area (Å²) in [6.45, 7) is 5.34. The summed E-state index contributed by atoms with van der Waals surface area (Å²) in [6, 6.07) is 0. The first kappa shape index (κ1) is 43.1. The number of ether oxygens (including phenoxy) is 2. The first-order valence-electron chi connectivity index (χ1n) is 19.8. The third kappa shape index (κ3) is 35.6. The number of hydrogen-bond acceptors (Lipinski definition) is 4. The van der Waals surface area contributed by atoms with Gasteiger partial charge in [-0.2, -0.15) is 0 Å². The average molecular weight is 623 g/mol. The van der Waals surface area contributed by atoms with Crippen molar-refractivity contribution in [2.75, 3.05) is 19.8 Å². The van der Waals surface area contributed by atoms with Gasteiger partial charge in [-0.05, 0) is 38.5 Å². The molecule has 0 heterocycles. The molecule has 1 unspecified atom stereocenters. The highest BCUT2D eigenvalue weighted by Gasteiger charge is 2.13. The zero-order valence-electron chi connectivity index (χ0n) is 29.9. The Bertz CT molecular complexity index is 576. The molecule has 0 aromatic carbocycles. The third-order valence-electron chi connectivity index (χ3n) is 8.84. The van der Waals surface area contributed by atoms with Crippen LogP contribution in [0.3, 0.4) is 0 Å². The van der Waals surface area contributed by atoms with Gasteiger partial charge in [0.1, 0.15) is 6.10 Å². The lowest BCUT2D eigenvalue weighted by Crippen LogP contribution is -2.27. The molecular formula is C40H78O4. The van der Waals surface area contributed by atoms with Gasteiger partial charge in [-0.25, -0.2) is 0 Å². The van der Waals surface area contributed by atoms with Gasteiger partial charge in [0.2, 0.25) is 0 Å². The highest BCUT2D eigenvalue weighted by atomic mass is 16.6. The fraction of sp³-hybridized carbons (Fsp3) is 0.925. The van der Waals surface area contributed by atoms with E-state index in [2.05, 4.69) is 26.0 Å². The van der Waals surface area contributed by atoms with Crippen molar-refractivity contribution in [3.05, 3.63) is 12.2 Å². The van der Waals surface area contributed by atoms with Crippen molar-refractivity contribution < 1.29 is 19.4 Å². The minimum atomic E-state index is -0.525. The number of aliphatic hydroxyl groups is 1. The minimum absolute atomic E-state index is 0.167. The third-order valence-corrected chi connectivity index (χ3v) is 8.84. The SMILES string of the molecule is CCCCCCCCCC/C=C\CCCCCCCCCCCCCCOCC(CO)OC(=O)CCCCCCCCCC. The lowest BCUT2D eigenvalue weighted by Gasteiger charge is -2.16. The summed E-state index contributed by atoms with van der Waals surface area (Å²) in [5, 5.41) is 9.52. The highest BCUT2D eigenvalue weighted by molar-refractivity contribution is 5.69. The van der Waals surface area contributed by atoms with Crippen molar-refractivity contribution in [1.29, 1.82) is 0 Å². The first-order valence-corrected chi connectivity index (χ1v) is 19.8. The fourth-order valence-electron chi connectivity index (χ4n) is 5.85. The van der Waals surface area contributed by atoms with Crippen molar-refractivity contribution in [3.8, 4) is 0 Å². The number of unbranched alkanes of at least 4 members (excludes halogenated alkanes) is 27. The van der Waals surface area contributed by atoms with Gasteiger partial charge in [-0.1, -0.05) is 180 Å². The van der Waals surface area contributed by atoms with Crippen LogP contribution in [0.25, 0.3) is 0 Å². The van der Waals surface area contributed by atoms with Crippen LogP contribution in [0.4, 0.5) is 0 Å². The molecule has 0 aliphatic rings. The van der Waals surface area contributed by atoms with Crippen LogP contribution in [0.2, 0.25) is 0 Å². The molecule has 4 heteroatoms. The van der Waals surface area contributed by atoms with Crippen LogP contribution in [0.1, 0.15) is 213 Å². The molecule has 0 saturated heterocycles. The summed E-state index contributed by atoms with van der Waals surface area (Å²) in [5.41, 5.74) is 0. The molecule has 1 atom stereocenters. The van der Waals surface area contributed by atoms with Crippen LogP contribution in [-0.2, 0) is 14.3 Å². The fourth-order valence-corrected chi connectivity index (χ4v) is 5.85. The van der Waals surface area contributed by atoms with E-state index in [4.69, 9.17) is 9.47 Å². The van der Waals surface area contributed by atoms with Crippen molar-refractivity contribution in [2.24, 2.45) is 0 Å². The van der Waals surface area contributed by atoms with Gasteiger partial charge < -0.3 is 14.6 Å². The summed E-state index contributed by atoms with van der Waals surface area (Å²) >= 11 is 0. The Labute approximate surface area is 275 Å². The molecule has 0 aromatic heterocycles. The Hall–Kier alpha value is -0.870. The average Bonchev–Trinajstić information content (AvgIpc) is 3.03. The van der Waals surface area contributed by atoms with E-state index in [1.807, 2.05) is 0 Å². The maximum Gasteiger partial charge on any atom is 0.306 e. The van der Waals surface area contributed by atoms with Crippen molar-refractivity contribution in [2.45, 2.75) is 219 Å². The molecule has 1 N–H and O–H groups in total. The van der Waals surface area contributed by atoms with Gasteiger partial charge in [0, 0.05) is 13.0 Å². The van der Waals surface area contributed by atoms with E-state index in [-0.39, 0.29) is 12.6 Å². The number of hydrogen-bond donors (Lipinski definition) is 1. The molecule has 0 radical (unpaired) electrons. The summed E-state index contributed by atoms with van der Waals surface area (Å²) in [7, 11) is 0. The molecule has 0 bridgehead atoms. The second-order valence-corrected chi connectivity index (χ2v) is 13.4. The number of aliphatic hydroxyl groups excluding tert-OH is 1. The number of carbonyl (C=O) groups excluding carboxylic acids is 1. The Balaban J connectivity index is 3.32. The Morgan fingerprint density at radius 2 is 0.886 bits per heavy atom. The molecule has 0 aliphatic heterocycles. The molecule has 262 valence electrons. The molecule has 0 fully saturated rings. The number of carbonyl (C=O) groups is 1. The minimum Gasteiger partial charge on any atom is -0.457 e. The number of allylic oxidation sites excluding steroid dienone is 2. The smallest absolute Gasteiger partial charge is 0.306 e. The van der Waals surface area contributed by atoms with Gasteiger partial charge >= 0.3 is 5.97 Å². The molecule has 0 spiro atoms. The highest BCUT2D eigenvalue weighted by Crippen LogP contribution is 2.14. The van der Waals surface area contributed by atoms with Crippen LogP contribution in [-0.4, -0.2) is 37.0 Å².